The summed E-state index contributed by atoms with van der Waals surface area (Å²) in [6.07, 6.45) is 7.16. The van der Waals surface area contributed by atoms with Crippen molar-refractivity contribution in [2.45, 2.75) is 31.7 Å². The van der Waals surface area contributed by atoms with Gasteiger partial charge in [0.1, 0.15) is 0 Å². The fourth-order valence-corrected chi connectivity index (χ4v) is 2.44. The van der Waals surface area contributed by atoms with Crippen molar-refractivity contribution in [2.75, 3.05) is 19.6 Å². The molecule has 3 nitrogen and oxygen atoms in total. The van der Waals surface area contributed by atoms with Crippen molar-refractivity contribution in [2.24, 2.45) is 5.73 Å². The van der Waals surface area contributed by atoms with E-state index in [0.29, 0.717) is 12.6 Å². The molecule has 2 rings (SSSR count). The lowest BCUT2D eigenvalue weighted by Crippen LogP contribution is -2.35. The van der Waals surface area contributed by atoms with Crippen molar-refractivity contribution in [3.05, 3.63) is 30.1 Å². The second kappa shape index (κ2) is 5.97. The van der Waals surface area contributed by atoms with Crippen LogP contribution in [0.1, 0.15) is 37.4 Å². The van der Waals surface area contributed by atoms with Crippen LogP contribution in [0.2, 0.25) is 0 Å². The summed E-state index contributed by atoms with van der Waals surface area (Å²) in [7, 11) is 0. The molecular weight excluding hydrogens is 198 g/mol. The minimum Gasteiger partial charge on any atom is -0.329 e. The lowest BCUT2D eigenvalue weighted by Gasteiger charge is -2.29. The van der Waals surface area contributed by atoms with E-state index < -0.39 is 0 Å². The van der Waals surface area contributed by atoms with Crippen LogP contribution in [0.15, 0.2) is 24.4 Å². The normalized spacial score (nSPS) is 20.3. The largest absolute Gasteiger partial charge is 0.329 e. The summed E-state index contributed by atoms with van der Waals surface area (Å²) >= 11 is 0. The lowest BCUT2D eigenvalue weighted by molar-refractivity contribution is 0.206. The monoisotopic (exact) mass is 219 g/mol. The molecule has 2 N–H and O–H groups in total. The smallest absolute Gasteiger partial charge is 0.0644 e. The van der Waals surface area contributed by atoms with Crippen molar-refractivity contribution in [1.82, 2.24) is 9.88 Å². The zero-order valence-electron chi connectivity index (χ0n) is 9.81. The van der Waals surface area contributed by atoms with E-state index in [9.17, 15) is 0 Å². The summed E-state index contributed by atoms with van der Waals surface area (Å²) in [5.41, 5.74) is 7.02. The van der Waals surface area contributed by atoms with Gasteiger partial charge >= 0.3 is 0 Å². The summed E-state index contributed by atoms with van der Waals surface area (Å²) in [4.78, 5) is 6.93. The minimum atomic E-state index is 0.305. The van der Waals surface area contributed by atoms with Gasteiger partial charge in [0.05, 0.1) is 11.7 Å². The SMILES string of the molecule is NCC(c1ccccn1)N1CCCCCC1. The standard InChI is InChI=1S/C13H21N3/c14-11-13(12-7-3-4-8-15-12)16-9-5-1-2-6-10-16/h3-4,7-8,13H,1-2,5-6,9-11,14H2. The summed E-state index contributed by atoms with van der Waals surface area (Å²) in [5.74, 6) is 0. The maximum absolute atomic E-state index is 5.90. The van der Waals surface area contributed by atoms with Gasteiger partial charge in [-0.3, -0.25) is 9.88 Å². The lowest BCUT2D eigenvalue weighted by atomic mass is 10.1. The van der Waals surface area contributed by atoms with Gasteiger partial charge in [0.25, 0.3) is 0 Å². The maximum atomic E-state index is 5.90. The Morgan fingerprint density at radius 1 is 1.19 bits per heavy atom. The number of likely N-dealkylation sites (tertiary alicyclic amines) is 1. The Bertz CT molecular complexity index is 291. The van der Waals surface area contributed by atoms with Gasteiger partial charge in [0, 0.05) is 12.7 Å². The average molecular weight is 219 g/mol. The zero-order chi connectivity index (χ0) is 11.2. The molecule has 3 heteroatoms. The summed E-state index contributed by atoms with van der Waals surface area (Å²) < 4.78 is 0. The Labute approximate surface area is 97.7 Å². The van der Waals surface area contributed by atoms with Crippen molar-refractivity contribution in [3.8, 4) is 0 Å². The second-order valence-electron chi connectivity index (χ2n) is 4.46. The van der Waals surface area contributed by atoms with Gasteiger partial charge in [-0.25, -0.2) is 0 Å². The fourth-order valence-electron chi connectivity index (χ4n) is 2.44. The highest BCUT2D eigenvalue weighted by Gasteiger charge is 2.20. The molecular formula is C13H21N3. The molecule has 0 aliphatic carbocycles. The minimum absolute atomic E-state index is 0.305. The molecule has 2 heterocycles. The summed E-state index contributed by atoms with van der Waals surface area (Å²) in [6.45, 7) is 2.99. The molecule has 16 heavy (non-hydrogen) atoms. The molecule has 1 saturated heterocycles. The van der Waals surface area contributed by atoms with E-state index in [1.807, 2.05) is 18.3 Å². The van der Waals surface area contributed by atoms with Crippen LogP contribution in [0.3, 0.4) is 0 Å². The van der Waals surface area contributed by atoms with Crippen LogP contribution < -0.4 is 5.73 Å². The van der Waals surface area contributed by atoms with Crippen molar-refractivity contribution < 1.29 is 0 Å². The number of hydrogen-bond donors (Lipinski definition) is 1. The highest BCUT2D eigenvalue weighted by Crippen LogP contribution is 2.21. The molecule has 0 radical (unpaired) electrons. The van der Waals surface area contributed by atoms with E-state index in [1.54, 1.807) is 0 Å². The first kappa shape index (κ1) is 11.6. The Hall–Kier alpha value is -0.930. The third-order valence-corrected chi connectivity index (χ3v) is 3.33. The molecule has 0 saturated carbocycles. The summed E-state index contributed by atoms with van der Waals surface area (Å²) in [5, 5.41) is 0. The first-order valence-corrected chi connectivity index (χ1v) is 6.27. The molecule has 1 aliphatic rings. The predicted octanol–water partition coefficient (Wildman–Crippen LogP) is 1.96. The van der Waals surface area contributed by atoms with Gasteiger partial charge in [0.2, 0.25) is 0 Å². The quantitative estimate of drug-likeness (QED) is 0.845. The molecule has 0 bridgehead atoms. The van der Waals surface area contributed by atoms with Crippen LogP contribution in [0.4, 0.5) is 0 Å². The molecule has 1 atom stereocenters. The predicted molar refractivity (Wildman–Crippen MR) is 66.1 cm³/mol. The van der Waals surface area contributed by atoms with Crippen LogP contribution in [0.5, 0.6) is 0 Å². The van der Waals surface area contributed by atoms with Crippen molar-refractivity contribution >= 4 is 0 Å². The molecule has 1 aromatic heterocycles. The number of pyridine rings is 1. The van der Waals surface area contributed by atoms with Crippen LogP contribution in [-0.4, -0.2) is 29.5 Å². The highest BCUT2D eigenvalue weighted by molar-refractivity contribution is 5.09. The van der Waals surface area contributed by atoms with E-state index in [-0.39, 0.29) is 0 Å². The van der Waals surface area contributed by atoms with Crippen LogP contribution >= 0.6 is 0 Å². The Morgan fingerprint density at radius 3 is 2.50 bits per heavy atom. The number of hydrogen-bond acceptors (Lipinski definition) is 3. The van der Waals surface area contributed by atoms with E-state index >= 15 is 0 Å². The topological polar surface area (TPSA) is 42.1 Å². The number of nitrogens with two attached hydrogens (primary N) is 1. The van der Waals surface area contributed by atoms with Gasteiger partial charge in [0.15, 0.2) is 0 Å². The van der Waals surface area contributed by atoms with E-state index in [1.165, 1.54) is 38.8 Å². The molecule has 1 fully saturated rings. The Kier molecular flexibility index (Phi) is 4.31. The summed E-state index contributed by atoms with van der Waals surface area (Å²) in [6, 6.07) is 6.39. The average Bonchev–Trinajstić information content (AvgIpc) is 2.61. The van der Waals surface area contributed by atoms with E-state index in [4.69, 9.17) is 5.73 Å². The van der Waals surface area contributed by atoms with Crippen molar-refractivity contribution in [1.29, 1.82) is 0 Å². The third-order valence-electron chi connectivity index (χ3n) is 3.33. The van der Waals surface area contributed by atoms with E-state index in [2.05, 4.69) is 16.0 Å². The Balaban J connectivity index is 2.09. The van der Waals surface area contributed by atoms with Gasteiger partial charge in [-0.15, -0.1) is 0 Å². The number of aromatic nitrogens is 1. The first-order chi connectivity index (χ1) is 7.92. The van der Waals surface area contributed by atoms with Crippen LogP contribution in [0.25, 0.3) is 0 Å². The molecule has 1 aromatic rings. The Morgan fingerprint density at radius 2 is 1.94 bits per heavy atom. The van der Waals surface area contributed by atoms with Crippen molar-refractivity contribution in [3.63, 3.8) is 0 Å². The first-order valence-electron chi connectivity index (χ1n) is 6.27. The number of nitrogens with zero attached hydrogens (tertiary/aromatic N) is 2. The molecule has 1 unspecified atom stereocenters. The second-order valence-corrected chi connectivity index (χ2v) is 4.46. The molecule has 0 aromatic carbocycles. The zero-order valence-corrected chi connectivity index (χ0v) is 9.81. The molecule has 0 amide bonds. The van der Waals surface area contributed by atoms with Crippen LogP contribution in [0, 0.1) is 0 Å². The molecule has 88 valence electrons. The van der Waals surface area contributed by atoms with E-state index in [0.717, 1.165) is 5.69 Å². The van der Waals surface area contributed by atoms with Gasteiger partial charge < -0.3 is 5.73 Å². The molecule has 1 aliphatic heterocycles. The fraction of sp³-hybridized carbons (Fsp3) is 0.615. The van der Waals surface area contributed by atoms with Gasteiger partial charge in [-0.2, -0.15) is 0 Å². The molecule has 0 spiro atoms. The maximum Gasteiger partial charge on any atom is 0.0644 e. The third kappa shape index (κ3) is 2.80. The van der Waals surface area contributed by atoms with Gasteiger partial charge in [-0.1, -0.05) is 18.9 Å². The number of rotatable bonds is 3. The van der Waals surface area contributed by atoms with Crippen LogP contribution in [-0.2, 0) is 0 Å². The van der Waals surface area contributed by atoms with Gasteiger partial charge in [-0.05, 0) is 38.1 Å². The highest BCUT2D eigenvalue weighted by atomic mass is 15.2.